The first-order chi connectivity index (χ1) is 12.6. The van der Waals surface area contributed by atoms with E-state index in [1.807, 2.05) is 11.9 Å². The summed E-state index contributed by atoms with van der Waals surface area (Å²) < 4.78 is 5.22. The lowest BCUT2D eigenvalue weighted by atomic mass is 10.3. The second kappa shape index (κ2) is 8.58. The summed E-state index contributed by atoms with van der Waals surface area (Å²) in [6.45, 7) is 9.39. The standard InChI is InChI=1S/C19H31N5O2/c1-15(2)24(16-6-7-16)9-8-21-19(20-3)23-12-10-22(11-13-23)18(25)17-5-4-14-26-17/h4-5,14-16H,6-13H2,1-3H3,(H,20,21). The number of hydrogen-bond acceptors (Lipinski definition) is 4. The lowest BCUT2D eigenvalue weighted by Gasteiger charge is -2.36. The van der Waals surface area contributed by atoms with Crippen LogP contribution in [0.15, 0.2) is 27.8 Å². The molecule has 1 amide bonds. The minimum atomic E-state index is -0.0328. The Kier molecular flexibility index (Phi) is 6.19. The Balaban J connectivity index is 1.44. The predicted octanol–water partition coefficient (Wildman–Crippen LogP) is 1.49. The smallest absolute Gasteiger partial charge is 0.289 e. The van der Waals surface area contributed by atoms with Crippen molar-refractivity contribution < 1.29 is 9.21 Å². The molecule has 1 saturated heterocycles. The summed E-state index contributed by atoms with van der Waals surface area (Å²) in [5.74, 6) is 1.30. The summed E-state index contributed by atoms with van der Waals surface area (Å²) in [7, 11) is 1.82. The van der Waals surface area contributed by atoms with Crippen LogP contribution in [0, 0.1) is 0 Å². The molecular formula is C19H31N5O2. The number of piperazine rings is 1. The topological polar surface area (TPSA) is 64.3 Å². The molecule has 26 heavy (non-hydrogen) atoms. The molecule has 2 aliphatic rings. The molecule has 0 aromatic carbocycles. The van der Waals surface area contributed by atoms with E-state index in [4.69, 9.17) is 4.42 Å². The fraction of sp³-hybridized carbons (Fsp3) is 0.684. The molecule has 144 valence electrons. The van der Waals surface area contributed by atoms with Gasteiger partial charge in [0, 0.05) is 58.4 Å². The van der Waals surface area contributed by atoms with E-state index < -0.39 is 0 Å². The highest BCUT2D eigenvalue weighted by Gasteiger charge is 2.30. The van der Waals surface area contributed by atoms with Crippen LogP contribution in [0.3, 0.4) is 0 Å². The molecule has 1 aromatic heterocycles. The molecule has 0 atom stereocenters. The fourth-order valence-corrected chi connectivity index (χ4v) is 3.58. The quantitative estimate of drug-likeness (QED) is 0.614. The van der Waals surface area contributed by atoms with Gasteiger partial charge in [0.25, 0.3) is 5.91 Å². The van der Waals surface area contributed by atoms with Crippen molar-refractivity contribution >= 4 is 11.9 Å². The molecule has 1 N–H and O–H groups in total. The minimum Gasteiger partial charge on any atom is -0.459 e. The SMILES string of the molecule is CN=C(NCCN(C(C)C)C1CC1)N1CCN(C(=O)c2ccco2)CC1. The van der Waals surface area contributed by atoms with Crippen molar-refractivity contribution in [3.8, 4) is 0 Å². The van der Waals surface area contributed by atoms with Crippen LogP contribution in [0.5, 0.6) is 0 Å². The van der Waals surface area contributed by atoms with E-state index in [0.29, 0.717) is 24.9 Å². The second-order valence-corrected chi connectivity index (χ2v) is 7.29. The van der Waals surface area contributed by atoms with Gasteiger partial charge in [0.05, 0.1) is 6.26 Å². The lowest BCUT2D eigenvalue weighted by molar-refractivity contribution is 0.0657. The Bertz CT molecular complexity index is 599. The maximum Gasteiger partial charge on any atom is 0.289 e. The van der Waals surface area contributed by atoms with E-state index in [0.717, 1.165) is 38.2 Å². The number of aliphatic imine (C=N–C) groups is 1. The number of rotatable bonds is 6. The van der Waals surface area contributed by atoms with Crippen molar-refractivity contribution in [3.05, 3.63) is 24.2 Å². The van der Waals surface area contributed by atoms with E-state index >= 15 is 0 Å². The van der Waals surface area contributed by atoms with Gasteiger partial charge >= 0.3 is 0 Å². The van der Waals surface area contributed by atoms with Crippen LogP contribution in [0.4, 0.5) is 0 Å². The van der Waals surface area contributed by atoms with Gasteiger partial charge in [-0.05, 0) is 38.8 Å². The second-order valence-electron chi connectivity index (χ2n) is 7.29. The number of carbonyl (C=O) groups excluding carboxylic acids is 1. The number of nitrogens with zero attached hydrogens (tertiary/aromatic N) is 4. The molecule has 0 unspecified atom stereocenters. The van der Waals surface area contributed by atoms with Crippen molar-refractivity contribution in [2.45, 2.75) is 38.8 Å². The molecule has 7 nitrogen and oxygen atoms in total. The maximum absolute atomic E-state index is 12.3. The lowest BCUT2D eigenvalue weighted by Crippen LogP contribution is -2.54. The average molecular weight is 361 g/mol. The first-order valence-electron chi connectivity index (χ1n) is 9.64. The number of carbonyl (C=O) groups is 1. The number of nitrogens with one attached hydrogen (secondary N) is 1. The van der Waals surface area contributed by atoms with Gasteiger partial charge in [-0.3, -0.25) is 14.7 Å². The molecule has 2 fully saturated rings. The summed E-state index contributed by atoms with van der Waals surface area (Å²) in [5.41, 5.74) is 0. The molecular weight excluding hydrogens is 330 g/mol. The van der Waals surface area contributed by atoms with Gasteiger partial charge < -0.3 is 19.5 Å². The predicted molar refractivity (Wildman–Crippen MR) is 102 cm³/mol. The van der Waals surface area contributed by atoms with Crippen LogP contribution in [-0.2, 0) is 0 Å². The third kappa shape index (κ3) is 4.58. The molecule has 2 heterocycles. The molecule has 1 aliphatic carbocycles. The van der Waals surface area contributed by atoms with Crippen LogP contribution in [0.1, 0.15) is 37.2 Å². The van der Waals surface area contributed by atoms with Crippen molar-refractivity contribution in [1.29, 1.82) is 0 Å². The van der Waals surface area contributed by atoms with Crippen LogP contribution in [0.25, 0.3) is 0 Å². The fourth-order valence-electron chi connectivity index (χ4n) is 3.58. The van der Waals surface area contributed by atoms with E-state index in [-0.39, 0.29) is 5.91 Å². The van der Waals surface area contributed by atoms with Crippen LogP contribution in [0.2, 0.25) is 0 Å². The Morgan fingerprint density at radius 2 is 2.00 bits per heavy atom. The zero-order valence-corrected chi connectivity index (χ0v) is 16.1. The largest absolute Gasteiger partial charge is 0.459 e. The molecule has 1 aromatic rings. The van der Waals surface area contributed by atoms with Crippen molar-refractivity contribution in [2.24, 2.45) is 4.99 Å². The Morgan fingerprint density at radius 3 is 2.54 bits per heavy atom. The molecule has 0 bridgehead atoms. The van der Waals surface area contributed by atoms with E-state index in [9.17, 15) is 4.79 Å². The van der Waals surface area contributed by atoms with Gasteiger partial charge in [-0.1, -0.05) is 0 Å². The van der Waals surface area contributed by atoms with Gasteiger partial charge in [0.2, 0.25) is 0 Å². The molecule has 0 radical (unpaired) electrons. The third-order valence-electron chi connectivity index (χ3n) is 5.14. The Labute approximate surface area is 156 Å². The zero-order valence-electron chi connectivity index (χ0n) is 16.1. The highest BCUT2D eigenvalue weighted by molar-refractivity contribution is 5.91. The maximum atomic E-state index is 12.3. The zero-order chi connectivity index (χ0) is 18.5. The van der Waals surface area contributed by atoms with Gasteiger partial charge in [0.15, 0.2) is 11.7 Å². The summed E-state index contributed by atoms with van der Waals surface area (Å²) in [5, 5.41) is 3.49. The number of hydrogen-bond donors (Lipinski definition) is 1. The minimum absolute atomic E-state index is 0.0328. The molecule has 0 spiro atoms. The molecule has 1 aliphatic heterocycles. The van der Waals surface area contributed by atoms with Gasteiger partial charge in [0.1, 0.15) is 0 Å². The van der Waals surface area contributed by atoms with Crippen LogP contribution < -0.4 is 5.32 Å². The summed E-state index contributed by atoms with van der Waals surface area (Å²) in [6, 6.07) is 4.82. The van der Waals surface area contributed by atoms with Crippen LogP contribution in [-0.4, -0.2) is 85.0 Å². The third-order valence-corrected chi connectivity index (χ3v) is 5.14. The Morgan fingerprint density at radius 1 is 1.31 bits per heavy atom. The molecule has 3 rings (SSSR count). The summed E-state index contributed by atoms with van der Waals surface area (Å²) in [6.07, 6.45) is 4.20. The number of amides is 1. The van der Waals surface area contributed by atoms with Crippen molar-refractivity contribution in [1.82, 2.24) is 20.0 Å². The Hall–Kier alpha value is -2.02. The molecule has 7 heteroatoms. The van der Waals surface area contributed by atoms with E-state index in [1.54, 1.807) is 12.1 Å². The monoisotopic (exact) mass is 361 g/mol. The summed E-state index contributed by atoms with van der Waals surface area (Å²) in [4.78, 5) is 23.4. The van der Waals surface area contributed by atoms with Gasteiger partial charge in [-0.2, -0.15) is 0 Å². The number of guanidine groups is 1. The van der Waals surface area contributed by atoms with Crippen molar-refractivity contribution in [3.63, 3.8) is 0 Å². The average Bonchev–Trinajstić information content (AvgIpc) is 3.33. The first kappa shape index (κ1) is 18.8. The van der Waals surface area contributed by atoms with Gasteiger partial charge in [-0.25, -0.2) is 0 Å². The van der Waals surface area contributed by atoms with E-state index in [2.05, 4.69) is 34.0 Å². The van der Waals surface area contributed by atoms with E-state index in [1.165, 1.54) is 19.1 Å². The number of furan rings is 1. The normalized spacial score (nSPS) is 18.7. The van der Waals surface area contributed by atoms with Crippen molar-refractivity contribution in [2.75, 3.05) is 46.3 Å². The van der Waals surface area contributed by atoms with Gasteiger partial charge in [-0.15, -0.1) is 0 Å². The highest BCUT2D eigenvalue weighted by atomic mass is 16.3. The first-order valence-corrected chi connectivity index (χ1v) is 9.64. The van der Waals surface area contributed by atoms with Crippen LogP contribution >= 0.6 is 0 Å². The molecule has 1 saturated carbocycles. The summed E-state index contributed by atoms with van der Waals surface area (Å²) >= 11 is 0. The highest BCUT2D eigenvalue weighted by Crippen LogP contribution is 2.27.